The van der Waals surface area contributed by atoms with Crippen LogP contribution >= 0.6 is 23.4 Å². The molecule has 0 atom stereocenters. The Kier molecular flexibility index (Phi) is 5.83. The van der Waals surface area contributed by atoms with Gasteiger partial charge in [-0.15, -0.1) is 0 Å². The van der Waals surface area contributed by atoms with Gasteiger partial charge in [0.15, 0.2) is 0 Å². The average molecular weight is 401 g/mol. The molecule has 0 spiro atoms. The molecule has 0 aliphatic carbocycles. The Morgan fingerprint density at radius 2 is 1.74 bits per heavy atom. The Balaban J connectivity index is 1.65. The summed E-state index contributed by atoms with van der Waals surface area (Å²) in [5, 5.41) is 7.61. The number of halogens is 1. The van der Waals surface area contributed by atoms with Crippen molar-refractivity contribution in [3.63, 3.8) is 0 Å². The number of hydrogen-bond acceptors (Lipinski definition) is 4. The third-order valence-electron chi connectivity index (χ3n) is 3.62. The van der Waals surface area contributed by atoms with E-state index < -0.39 is 0 Å². The second-order valence-electron chi connectivity index (χ2n) is 5.89. The summed E-state index contributed by atoms with van der Waals surface area (Å²) in [5.74, 6) is -0.264. The van der Waals surface area contributed by atoms with E-state index in [2.05, 4.69) is 10.4 Å². The molecule has 3 aromatic rings. The first-order valence-corrected chi connectivity index (χ1v) is 9.23. The summed E-state index contributed by atoms with van der Waals surface area (Å²) < 4.78 is 1.61. The van der Waals surface area contributed by atoms with E-state index in [1.165, 1.54) is 11.1 Å². The number of thioether (sulfide) groups is 1. The predicted octanol–water partition coefficient (Wildman–Crippen LogP) is 4.55. The van der Waals surface area contributed by atoms with Crippen molar-refractivity contribution in [1.82, 2.24) is 14.7 Å². The maximum atomic E-state index is 12.4. The number of amides is 2. The van der Waals surface area contributed by atoms with Gasteiger partial charge in [0.25, 0.3) is 11.1 Å². The summed E-state index contributed by atoms with van der Waals surface area (Å²) >= 11 is 7.01. The topological polar surface area (TPSA) is 67.2 Å². The van der Waals surface area contributed by atoms with Gasteiger partial charge in [-0.2, -0.15) is 5.10 Å². The van der Waals surface area contributed by atoms with Crippen LogP contribution in [0.4, 0.5) is 10.5 Å². The summed E-state index contributed by atoms with van der Waals surface area (Å²) in [5.41, 5.74) is 1.89. The first-order chi connectivity index (χ1) is 12.9. The molecule has 138 valence electrons. The van der Waals surface area contributed by atoms with Crippen molar-refractivity contribution in [2.45, 2.75) is 4.90 Å². The molecular weight excluding hydrogens is 384 g/mol. The first-order valence-electron chi connectivity index (χ1n) is 8.03. The van der Waals surface area contributed by atoms with Crippen LogP contribution in [0, 0.1) is 0 Å². The summed E-state index contributed by atoms with van der Waals surface area (Å²) in [6.07, 6.45) is 3.16. The van der Waals surface area contributed by atoms with Crippen molar-refractivity contribution in [2.75, 3.05) is 19.4 Å². The van der Waals surface area contributed by atoms with Gasteiger partial charge in [-0.05, 0) is 60.3 Å². The highest BCUT2D eigenvalue weighted by Crippen LogP contribution is 2.22. The Morgan fingerprint density at radius 3 is 2.37 bits per heavy atom. The zero-order valence-corrected chi connectivity index (χ0v) is 16.3. The van der Waals surface area contributed by atoms with Gasteiger partial charge >= 0.3 is 0 Å². The minimum Gasteiger partial charge on any atom is -0.339 e. The number of anilines is 1. The molecule has 0 unspecified atom stereocenters. The standard InChI is InChI=1S/C19H17ClN4O2S/c1-23(2)19(26)27-17-9-5-15(6-10-17)22-18(25)13-11-21-24(12-13)16-7-3-14(20)4-8-16/h3-12H,1-2H3,(H,22,25). The van der Waals surface area contributed by atoms with Crippen molar-refractivity contribution in [1.29, 1.82) is 0 Å². The number of rotatable bonds is 4. The zero-order valence-electron chi connectivity index (χ0n) is 14.7. The van der Waals surface area contributed by atoms with Crippen LogP contribution in [0.25, 0.3) is 5.69 Å². The van der Waals surface area contributed by atoms with Gasteiger partial charge in [0.1, 0.15) is 0 Å². The highest BCUT2D eigenvalue weighted by Gasteiger charge is 2.11. The summed E-state index contributed by atoms with van der Waals surface area (Å²) in [4.78, 5) is 26.4. The van der Waals surface area contributed by atoms with Gasteiger partial charge in [-0.3, -0.25) is 9.59 Å². The van der Waals surface area contributed by atoms with Crippen molar-refractivity contribution < 1.29 is 9.59 Å². The Bertz CT molecular complexity index is 953. The second-order valence-corrected chi connectivity index (χ2v) is 7.35. The molecule has 0 bridgehead atoms. The van der Waals surface area contributed by atoms with Crippen LogP contribution < -0.4 is 5.32 Å². The van der Waals surface area contributed by atoms with E-state index in [4.69, 9.17) is 11.6 Å². The molecule has 0 saturated heterocycles. The second kappa shape index (κ2) is 8.28. The van der Waals surface area contributed by atoms with Crippen LogP contribution in [-0.4, -0.2) is 39.9 Å². The lowest BCUT2D eigenvalue weighted by atomic mass is 10.3. The lowest BCUT2D eigenvalue weighted by molar-refractivity contribution is 0.102. The average Bonchev–Trinajstić information content (AvgIpc) is 3.14. The fourth-order valence-electron chi connectivity index (χ4n) is 2.18. The number of hydrogen-bond donors (Lipinski definition) is 1. The van der Waals surface area contributed by atoms with Crippen molar-refractivity contribution in [3.05, 3.63) is 71.5 Å². The van der Waals surface area contributed by atoms with E-state index in [1.807, 2.05) is 12.1 Å². The number of benzene rings is 2. The lowest BCUT2D eigenvalue weighted by Gasteiger charge is -2.09. The van der Waals surface area contributed by atoms with Crippen molar-refractivity contribution in [2.24, 2.45) is 0 Å². The minimum atomic E-state index is -0.264. The highest BCUT2D eigenvalue weighted by atomic mass is 35.5. The maximum Gasteiger partial charge on any atom is 0.285 e. The van der Waals surface area contributed by atoms with E-state index in [0.29, 0.717) is 16.3 Å². The Morgan fingerprint density at radius 1 is 1.07 bits per heavy atom. The fourth-order valence-corrected chi connectivity index (χ4v) is 2.96. The van der Waals surface area contributed by atoms with Crippen LogP contribution in [-0.2, 0) is 0 Å². The van der Waals surface area contributed by atoms with Gasteiger partial charge in [-0.1, -0.05) is 11.6 Å². The summed E-state index contributed by atoms with van der Waals surface area (Å²) in [7, 11) is 3.41. The van der Waals surface area contributed by atoms with Gasteiger partial charge in [0.2, 0.25) is 0 Å². The molecule has 0 aliphatic rings. The molecule has 2 amide bonds. The van der Waals surface area contributed by atoms with Crippen molar-refractivity contribution >= 4 is 40.2 Å². The normalized spacial score (nSPS) is 10.5. The van der Waals surface area contributed by atoms with E-state index in [9.17, 15) is 9.59 Å². The third kappa shape index (κ3) is 4.90. The lowest BCUT2D eigenvalue weighted by Crippen LogP contribution is -2.16. The Labute approximate surface area is 166 Å². The summed E-state index contributed by atoms with van der Waals surface area (Å²) in [6, 6.07) is 14.3. The molecule has 27 heavy (non-hydrogen) atoms. The van der Waals surface area contributed by atoms with E-state index in [0.717, 1.165) is 22.3 Å². The number of carbonyl (C=O) groups excluding carboxylic acids is 2. The number of carbonyl (C=O) groups is 2. The van der Waals surface area contributed by atoms with Gasteiger partial charge in [-0.25, -0.2) is 4.68 Å². The van der Waals surface area contributed by atoms with E-state index in [-0.39, 0.29) is 11.1 Å². The predicted molar refractivity (Wildman–Crippen MR) is 108 cm³/mol. The zero-order chi connectivity index (χ0) is 19.4. The monoisotopic (exact) mass is 400 g/mol. The van der Waals surface area contributed by atoms with Gasteiger partial charge in [0.05, 0.1) is 17.4 Å². The quantitative estimate of drug-likeness (QED) is 0.652. The fraction of sp³-hybridized carbons (Fsp3) is 0.105. The molecule has 1 N–H and O–H groups in total. The molecule has 1 aromatic heterocycles. The van der Waals surface area contributed by atoms with Gasteiger partial charge < -0.3 is 10.2 Å². The number of nitrogens with one attached hydrogen (secondary N) is 1. The highest BCUT2D eigenvalue weighted by molar-refractivity contribution is 8.13. The van der Waals surface area contributed by atoms with Crippen LogP contribution in [0.1, 0.15) is 10.4 Å². The molecule has 0 fully saturated rings. The SMILES string of the molecule is CN(C)C(=O)Sc1ccc(NC(=O)c2cnn(-c3ccc(Cl)cc3)c2)cc1. The van der Waals surface area contributed by atoms with Crippen LogP contribution in [0.5, 0.6) is 0 Å². The molecule has 1 heterocycles. The summed E-state index contributed by atoms with van der Waals surface area (Å²) in [6.45, 7) is 0. The molecule has 3 rings (SSSR count). The molecular formula is C19H17ClN4O2S. The van der Waals surface area contributed by atoms with Crippen molar-refractivity contribution in [3.8, 4) is 5.69 Å². The van der Waals surface area contributed by atoms with E-state index in [1.54, 1.807) is 61.4 Å². The van der Waals surface area contributed by atoms with Gasteiger partial charge in [0, 0.05) is 35.9 Å². The molecule has 6 nitrogen and oxygen atoms in total. The molecule has 8 heteroatoms. The largest absolute Gasteiger partial charge is 0.339 e. The smallest absolute Gasteiger partial charge is 0.285 e. The minimum absolute atomic E-state index is 0.0543. The van der Waals surface area contributed by atoms with Crippen LogP contribution in [0.15, 0.2) is 65.8 Å². The molecule has 0 saturated carbocycles. The molecule has 0 aliphatic heterocycles. The number of aromatic nitrogens is 2. The molecule has 2 aromatic carbocycles. The Hall–Kier alpha value is -2.77. The molecule has 0 radical (unpaired) electrons. The van der Waals surface area contributed by atoms with Crippen LogP contribution in [0.3, 0.4) is 0 Å². The number of nitrogens with zero attached hydrogens (tertiary/aromatic N) is 3. The van der Waals surface area contributed by atoms with E-state index >= 15 is 0 Å². The maximum absolute atomic E-state index is 12.4. The first kappa shape index (κ1) is 19.0. The third-order valence-corrected chi connectivity index (χ3v) is 4.92. The van der Waals surface area contributed by atoms with Crippen LogP contribution in [0.2, 0.25) is 5.02 Å².